The molecule has 1 aliphatic carbocycles. The molecule has 1 aromatic carbocycles. The fraction of sp³-hybridized carbons (Fsp3) is 0.417. The summed E-state index contributed by atoms with van der Waals surface area (Å²) in [4.78, 5) is 13.7. The normalized spacial score (nSPS) is 14.8. The molecule has 2 rings (SSSR count). The van der Waals surface area contributed by atoms with Crippen LogP contribution in [0.4, 0.5) is 4.39 Å². The van der Waals surface area contributed by atoms with E-state index in [-0.39, 0.29) is 30.7 Å². The molecule has 0 aromatic heterocycles. The zero-order valence-electron chi connectivity index (χ0n) is 9.20. The number of aliphatic hydroxyl groups is 1. The lowest BCUT2D eigenvalue weighted by Crippen LogP contribution is -2.36. The van der Waals surface area contributed by atoms with Crippen LogP contribution in [0.2, 0.25) is 0 Å². The van der Waals surface area contributed by atoms with Crippen molar-refractivity contribution in [3.05, 3.63) is 34.1 Å². The molecule has 0 heterocycles. The number of aliphatic hydroxyl groups excluding tert-OH is 1. The van der Waals surface area contributed by atoms with Crippen molar-refractivity contribution >= 4 is 21.8 Å². The van der Waals surface area contributed by atoms with Crippen molar-refractivity contribution in [2.24, 2.45) is 0 Å². The molecule has 92 valence electrons. The van der Waals surface area contributed by atoms with Crippen LogP contribution >= 0.6 is 15.9 Å². The van der Waals surface area contributed by atoms with Crippen molar-refractivity contribution in [3.63, 3.8) is 0 Å². The summed E-state index contributed by atoms with van der Waals surface area (Å²) in [5.74, 6) is -0.889. The van der Waals surface area contributed by atoms with Crippen LogP contribution < -0.4 is 0 Å². The topological polar surface area (TPSA) is 40.5 Å². The van der Waals surface area contributed by atoms with E-state index in [1.807, 2.05) is 0 Å². The summed E-state index contributed by atoms with van der Waals surface area (Å²) in [5, 5.41) is 8.95. The number of nitrogens with zero attached hydrogens (tertiary/aromatic N) is 1. The van der Waals surface area contributed by atoms with Crippen LogP contribution in [0.25, 0.3) is 0 Å². The molecular formula is C12H13BrFNO2. The van der Waals surface area contributed by atoms with Gasteiger partial charge >= 0.3 is 0 Å². The first-order valence-corrected chi connectivity index (χ1v) is 6.30. The second-order valence-electron chi connectivity index (χ2n) is 4.05. The van der Waals surface area contributed by atoms with Crippen LogP contribution in [0, 0.1) is 5.82 Å². The van der Waals surface area contributed by atoms with Gasteiger partial charge in [0.15, 0.2) is 0 Å². The zero-order valence-corrected chi connectivity index (χ0v) is 10.8. The van der Waals surface area contributed by atoms with Gasteiger partial charge in [-0.1, -0.05) is 6.07 Å². The van der Waals surface area contributed by atoms with E-state index in [1.165, 1.54) is 6.07 Å². The average molecular weight is 302 g/mol. The molecule has 0 radical (unpaired) electrons. The van der Waals surface area contributed by atoms with E-state index < -0.39 is 5.82 Å². The molecule has 1 saturated carbocycles. The van der Waals surface area contributed by atoms with Gasteiger partial charge < -0.3 is 10.0 Å². The van der Waals surface area contributed by atoms with Gasteiger partial charge in [0.25, 0.3) is 5.91 Å². The van der Waals surface area contributed by atoms with E-state index >= 15 is 0 Å². The van der Waals surface area contributed by atoms with Crippen LogP contribution in [-0.2, 0) is 0 Å². The lowest BCUT2D eigenvalue weighted by Gasteiger charge is -2.22. The SMILES string of the molecule is O=C(c1c(F)cccc1Br)N(CCO)C1CC1. The molecule has 0 atom stereocenters. The van der Waals surface area contributed by atoms with E-state index in [2.05, 4.69) is 15.9 Å². The van der Waals surface area contributed by atoms with Crippen LogP contribution in [0.1, 0.15) is 23.2 Å². The first kappa shape index (κ1) is 12.5. The van der Waals surface area contributed by atoms with E-state index in [9.17, 15) is 9.18 Å². The van der Waals surface area contributed by atoms with Crippen LogP contribution in [-0.4, -0.2) is 35.1 Å². The van der Waals surface area contributed by atoms with Crippen molar-refractivity contribution in [2.75, 3.05) is 13.2 Å². The summed E-state index contributed by atoms with van der Waals surface area (Å²) in [6.07, 6.45) is 1.86. The standard InChI is InChI=1S/C12H13BrFNO2/c13-9-2-1-3-10(14)11(9)12(17)15(6-7-16)8-4-5-8/h1-3,8,16H,4-7H2. The van der Waals surface area contributed by atoms with Crippen LogP contribution in [0.5, 0.6) is 0 Å². The Hall–Kier alpha value is -0.940. The Morgan fingerprint density at radius 1 is 1.53 bits per heavy atom. The van der Waals surface area contributed by atoms with Gasteiger partial charge in [-0.2, -0.15) is 0 Å². The highest BCUT2D eigenvalue weighted by Crippen LogP contribution is 2.30. The minimum Gasteiger partial charge on any atom is -0.395 e. The summed E-state index contributed by atoms with van der Waals surface area (Å²) in [6, 6.07) is 4.60. The summed E-state index contributed by atoms with van der Waals surface area (Å²) in [6.45, 7) is 0.151. The third kappa shape index (κ3) is 2.66. The first-order valence-electron chi connectivity index (χ1n) is 5.51. The molecular weight excluding hydrogens is 289 g/mol. The highest BCUT2D eigenvalue weighted by atomic mass is 79.9. The third-order valence-electron chi connectivity index (χ3n) is 2.77. The summed E-state index contributed by atoms with van der Waals surface area (Å²) in [5.41, 5.74) is 0.0489. The van der Waals surface area contributed by atoms with E-state index in [0.29, 0.717) is 4.47 Å². The summed E-state index contributed by atoms with van der Waals surface area (Å²) < 4.78 is 14.1. The number of carbonyl (C=O) groups excluding carboxylic acids is 1. The predicted octanol–water partition coefficient (Wildman–Crippen LogP) is 2.19. The van der Waals surface area contributed by atoms with Crippen molar-refractivity contribution in [2.45, 2.75) is 18.9 Å². The molecule has 0 unspecified atom stereocenters. The van der Waals surface area contributed by atoms with Crippen LogP contribution in [0.3, 0.4) is 0 Å². The van der Waals surface area contributed by atoms with Gasteiger partial charge in [0.1, 0.15) is 5.82 Å². The largest absolute Gasteiger partial charge is 0.395 e. The maximum atomic E-state index is 13.6. The Kier molecular flexibility index (Phi) is 3.79. The monoisotopic (exact) mass is 301 g/mol. The highest BCUT2D eigenvalue weighted by molar-refractivity contribution is 9.10. The van der Waals surface area contributed by atoms with E-state index in [0.717, 1.165) is 12.8 Å². The molecule has 17 heavy (non-hydrogen) atoms. The number of hydrogen-bond acceptors (Lipinski definition) is 2. The lowest BCUT2D eigenvalue weighted by molar-refractivity contribution is 0.0702. The zero-order chi connectivity index (χ0) is 12.4. The number of hydrogen-bond donors (Lipinski definition) is 1. The molecule has 0 spiro atoms. The lowest BCUT2D eigenvalue weighted by atomic mass is 10.2. The minimum absolute atomic E-state index is 0.0489. The van der Waals surface area contributed by atoms with Crippen LogP contribution in [0.15, 0.2) is 22.7 Å². The molecule has 0 aliphatic heterocycles. The smallest absolute Gasteiger partial charge is 0.258 e. The molecule has 1 aromatic rings. The maximum absolute atomic E-state index is 13.6. The number of halogens is 2. The van der Waals surface area contributed by atoms with Gasteiger partial charge in [0.2, 0.25) is 0 Å². The van der Waals surface area contributed by atoms with Crippen molar-refractivity contribution in [1.29, 1.82) is 0 Å². The second kappa shape index (κ2) is 5.14. The van der Waals surface area contributed by atoms with E-state index in [4.69, 9.17) is 5.11 Å². The van der Waals surface area contributed by atoms with Crippen molar-refractivity contribution in [3.8, 4) is 0 Å². The van der Waals surface area contributed by atoms with Crippen molar-refractivity contribution < 1.29 is 14.3 Å². The Balaban J connectivity index is 2.28. The highest BCUT2D eigenvalue weighted by Gasteiger charge is 2.34. The van der Waals surface area contributed by atoms with Gasteiger partial charge in [-0.15, -0.1) is 0 Å². The Morgan fingerprint density at radius 2 is 2.24 bits per heavy atom. The summed E-state index contributed by atoms with van der Waals surface area (Å²) >= 11 is 3.19. The Morgan fingerprint density at radius 3 is 2.76 bits per heavy atom. The Labute approximate surface area is 107 Å². The number of carbonyl (C=O) groups is 1. The van der Waals surface area contributed by atoms with Gasteiger partial charge in [-0.05, 0) is 40.9 Å². The molecule has 5 heteroatoms. The molecule has 1 aliphatic rings. The van der Waals surface area contributed by atoms with Crippen molar-refractivity contribution in [1.82, 2.24) is 4.90 Å². The Bertz CT molecular complexity index is 414. The fourth-order valence-electron chi connectivity index (χ4n) is 1.79. The maximum Gasteiger partial charge on any atom is 0.258 e. The fourth-order valence-corrected chi connectivity index (χ4v) is 2.30. The molecule has 1 amide bonds. The average Bonchev–Trinajstić information content (AvgIpc) is 3.09. The second-order valence-corrected chi connectivity index (χ2v) is 4.90. The molecule has 0 bridgehead atoms. The van der Waals surface area contributed by atoms with Gasteiger partial charge in [0, 0.05) is 17.1 Å². The minimum atomic E-state index is -0.534. The molecule has 1 N–H and O–H groups in total. The third-order valence-corrected chi connectivity index (χ3v) is 3.43. The first-order chi connectivity index (χ1) is 8.15. The number of amides is 1. The van der Waals surface area contributed by atoms with Gasteiger partial charge in [-0.3, -0.25) is 4.79 Å². The molecule has 1 fully saturated rings. The number of rotatable bonds is 4. The molecule has 3 nitrogen and oxygen atoms in total. The van der Waals surface area contributed by atoms with Gasteiger partial charge in [-0.25, -0.2) is 4.39 Å². The van der Waals surface area contributed by atoms with Gasteiger partial charge in [0.05, 0.1) is 12.2 Å². The number of benzene rings is 1. The summed E-state index contributed by atoms with van der Waals surface area (Å²) in [7, 11) is 0. The predicted molar refractivity (Wildman–Crippen MR) is 65.2 cm³/mol. The quantitative estimate of drug-likeness (QED) is 0.926. The molecule has 0 saturated heterocycles. The van der Waals surface area contributed by atoms with E-state index in [1.54, 1.807) is 17.0 Å².